The van der Waals surface area contributed by atoms with Crippen LogP contribution in [0.1, 0.15) is 58.0 Å². The van der Waals surface area contributed by atoms with Gasteiger partial charge in [0.05, 0.1) is 18.2 Å². The lowest BCUT2D eigenvalue weighted by molar-refractivity contribution is -0.170. The number of fused-ring (bicyclic) bond motifs is 1. The smallest absolute Gasteiger partial charge is 0.348 e. The summed E-state index contributed by atoms with van der Waals surface area (Å²) in [5, 5.41) is 39.6. The third kappa shape index (κ3) is 9.15. The summed E-state index contributed by atoms with van der Waals surface area (Å²) in [4.78, 5) is 43.0. The number of benzene rings is 4. The summed E-state index contributed by atoms with van der Waals surface area (Å²) in [6, 6.07) is 28.7. The number of likely N-dealkylation sites (N-methyl/N-ethyl adjacent to an activating group) is 1. The zero-order chi connectivity index (χ0) is 38.1. The molecule has 1 fully saturated rings. The van der Waals surface area contributed by atoms with Crippen LogP contribution in [-0.4, -0.2) is 83.0 Å². The van der Waals surface area contributed by atoms with Gasteiger partial charge < -0.3 is 45.3 Å². The van der Waals surface area contributed by atoms with Gasteiger partial charge in [-0.25, -0.2) is 4.79 Å². The predicted octanol–water partition coefficient (Wildman–Crippen LogP) is 4.13. The Bertz CT molecular complexity index is 2120. The summed E-state index contributed by atoms with van der Waals surface area (Å²) in [5.74, 6) is -0.569. The third-order valence-corrected chi connectivity index (χ3v) is 9.59. The quantitative estimate of drug-likeness (QED) is 0.0679. The molecule has 6 N–H and O–H groups in total. The second-order valence-electron chi connectivity index (χ2n) is 13.6. The molecule has 0 aliphatic carbocycles. The number of aromatic hydroxyl groups is 1. The summed E-state index contributed by atoms with van der Waals surface area (Å²) in [6.07, 6.45) is 0.937. The zero-order valence-electron chi connectivity index (χ0n) is 30.2. The third-order valence-electron chi connectivity index (χ3n) is 9.59. The molecule has 1 amide bonds. The first-order valence-electron chi connectivity index (χ1n) is 18.1. The average molecular weight is 735 g/mol. The second kappa shape index (κ2) is 17.5. The number of aromatic nitrogens is 1. The van der Waals surface area contributed by atoms with Gasteiger partial charge in [0.1, 0.15) is 17.6 Å². The van der Waals surface area contributed by atoms with Crippen molar-refractivity contribution in [3.63, 3.8) is 0 Å². The van der Waals surface area contributed by atoms with Crippen LogP contribution in [0, 0.1) is 0 Å². The first-order valence-corrected chi connectivity index (χ1v) is 18.1. The van der Waals surface area contributed by atoms with Crippen LogP contribution in [0.25, 0.3) is 10.9 Å². The van der Waals surface area contributed by atoms with Crippen molar-refractivity contribution in [2.75, 3.05) is 39.8 Å². The number of esters is 1. The summed E-state index contributed by atoms with van der Waals surface area (Å²) in [6.45, 7) is 2.78. The van der Waals surface area contributed by atoms with E-state index in [4.69, 9.17) is 9.47 Å². The van der Waals surface area contributed by atoms with E-state index in [2.05, 4.69) is 20.5 Å². The monoisotopic (exact) mass is 734 g/mol. The van der Waals surface area contributed by atoms with Crippen molar-refractivity contribution in [2.24, 2.45) is 0 Å². The lowest BCUT2D eigenvalue weighted by Gasteiger charge is -2.33. The van der Waals surface area contributed by atoms with Crippen LogP contribution in [0.3, 0.4) is 0 Å². The minimum Gasteiger partial charge on any atom is -0.506 e. The Labute approximate surface area is 313 Å². The molecule has 3 atom stereocenters. The van der Waals surface area contributed by atoms with Crippen LogP contribution in [0.4, 0.5) is 0 Å². The SMILES string of the molecule is CN1CCC[C@@H](OC(=O)[C@](O)(c2ccccc2)c2cccc(OCCCNC(=O)c3cccc(CNC[C@H](O)c4ccc(O)c5[nH]c(=O)ccc45)c3)c2)C1. The number of hydrogen-bond donors (Lipinski definition) is 6. The number of aromatic amines is 1. The molecule has 1 aromatic heterocycles. The number of hydrogen-bond acceptors (Lipinski definition) is 10. The molecular formula is C42H46N4O8. The highest BCUT2D eigenvalue weighted by atomic mass is 16.6. The van der Waals surface area contributed by atoms with Gasteiger partial charge in [0.25, 0.3) is 5.91 Å². The highest BCUT2D eigenvalue weighted by molar-refractivity contribution is 5.94. The maximum Gasteiger partial charge on any atom is 0.348 e. The molecule has 12 heteroatoms. The van der Waals surface area contributed by atoms with E-state index in [1.807, 2.05) is 19.2 Å². The maximum atomic E-state index is 13.6. The number of phenolic OH excluding ortho intramolecular Hbond substituents is 1. The molecular weight excluding hydrogens is 688 g/mol. The Kier molecular flexibility index (Phi) is 12.4. The van der Waals surface area contributed by atoms with E-state index < -0.39 is 17.7 Å². The van der Waals surface area contributed by atoms with Crippen molar-refractivity contribution in [3.8, 4) is 11.5 Å². The van der Waals surface area contributed by atoms with Gasteiger partial charge in [-0.1, -0.05) is 60.7 Å². The fourth-order valence-electron chi connectivity index (χ4n) is 6.75. The molecule has 6 rings (SSSR count). The molecule has 0 bridgehead atoms. The van der Waals surface area contributed by atoms with Crippen molar-refractivity contribution in [3.05, 3.63) is 141 Å². The molecule has 0 radical (unpaired) electrons. The molecule has 12 nitrogen and oxygen atoms in total. The highest BCUT2D eigenvalue weighted by Gasteiger charge is 2.43. The summed E-state index contributed by atoms with van der Waals surface area (Å²) in [5.41, 5.74) is 0.535. The number of rotatable bonds is 15. The van der Waals surface area contributed by atoms with Crippen LogP contribution < -0.4 is 20.9 Å². The van der Waals surface area contributed by atoms with E-state index in [0.717, 1.165) is 24.9 Å². The minimum atomic E-state index is -2.03. The first-order chi connectivity index (χ1) is 26.1. The highest BCUT2D eigenvalue weighted by Crippen LogP contribution is 2.34. The standard InChI is InChI=1S/C42H46N4O8/c1-46-21-7-15-33(27-46)54-41(51)42(52,30-11-3-2-4-12-30)31-13-6-14-32(24-31)53-22-8-20-44-40(50)29-10-5-9-28(23-29)25-43-26-37(48)34-16-18-36(47)39-35(34)17-19-38(49)45-39/h2-6,9-14,16-19,23-24,33,37,43,47-48,52H,7-8,15,20-22,25-27H2,1H3,(H,44,50)(H,45,49)/t33-,37+,42+/m1/s1. The molecule has 1 saturated heterocycles. The number of carbonyl (C=O) groups is 2. The van der Waals surface area contributed by atoms with Crippen LogP contribution in [0.2, 0.25) is 0 Å². The summed E-state index contributed by atoms with van der Waals surface area (Å²) >= 11 is 0. The Hall–Kier alpha value is -5.53. The first kappa shape index (κ1) is 38.2. The van der Waals surface area contributed by atoms with Crippen LogP contribution in [-0.2, 0) is 21.7 Å². The number of carbonyl (C=O) groups excluding carboxylic acids is 2. The number of amides is 1. The van der Waals surface area contributed by atoms with E-state index >= 15 is 0 Å². The second-order valence-corrected chi connectivity index (χ2v) is 13.6. The molecule has 282 valence electrons. The van der Waals surface area contributed by atoms with Gasteiger partial charge in [0.2, 0.25) is 11.2 Å². The van der Waals surface area contributed by atoms with Crippen molar-refractivity contribution in [2.45, 2.75) is 43.6 Å². The van der Waals surface area contributed by atoms with E-state index in [1.165, 1.54) is 12.1 Å². The number of H-pyrrole nitrogens is 1. The summed E-state index contributed by atoms with van der Waals surface area (Å²) in [7, 11) is 1.98. The van der Waals surface area contributed by atoms with Crippen molar-refractivity contribution in [1.82, 2.24) is 20.5 Å². The van der Waals surface area contributed by atoms with Crippen LogP contribution >= 0.6 is 0 Å². The molecule has 5 aromatic rings. The Morgan fingerprint density at radius 1 is 0.981 bits per heavy atom. The fourth-order valence-corrected chi connectivity index (χ4v) is 6.75. The molecule has 0 saturated carbocycles. The topological polar surface area (TPSA) is 173 Å². The minimum absolute atomic E-state index is 0.0736. The molecule has 0 spiro atoms. The van der Waals surface area contributed by atoms with Crippen LogP contribution in [0.15, 0.2) is 108 Å². The fraction of sp³-hybridized carbons (Fsp3) is 0.310. The van der Waals surface area contributed by atoms with Crippen molar-refractivity contribution < 1.29 is 34.4 Å². The van der Waals surface area contributed by atoms with E-state index in [1.54, 1.807) is 78.9 Å². The number of pyridine rings is 1. The molecule has 4 aromatic carbocycles. The van der Waals surface area contributed by atoms with Gasteiger partial charge in [0.15, 0.2) is 0 Å². The number of ether oxygens (including phenoxy) is 2. The summed E-state index contributed by atoms with van der Waals surface area (Å²) < 4.78 is 11.9. The van der Waals surface area contributed by atoms with Gasteiger partial charge in [-0.15, -0.1) is 0 Å². The number of phenols is 1. The predicted molar refractivity (Wildman–Crippen MR) is 204 cm³/mol. The van der Waals surface area contributed by atoms with Crippen molar-refractivity contribution >= 4 is 22.8 Å². The van der Waals surface area contributed by atoms with Crippen molar-refractivity contribution in [1.29, 1.82) is 0 Å². The normalized spacial score (nSPS) is 16.3. The van der Waals surface area contributed by atoms with Crippen LogP contribution in [0.5, 0.6) is 11.5 Å². The van der Waals surface area contributed by atoms with E-state index in [0.29, 0.717) is 59.4 Å². The van der Waals surface area contributed by atoms with E-state index in [-0.39, 0.29) is 42.0 Å². The molecule has 2 heterocycles. The molecule has 0 unspecified atom stereocenters. The molecule has 1 aliphatic heterocycles. The zero-order valence-corrected chi connectivity index (χ0v) is 30.2. The number of nitrogens with zero attached hydrogens (tertiary/aromatic N) is 1. The van der Waals surface area contributed by atoms with E-state index in [9.17, 15) is 29.7 Å². The largest absolute Gasteiger partial charge is 0.506 e. The number of likely N-dealkylation sites (tertiary alicyclic amines) is 1. The van der Waals surface area contributed by atoms with Gasteiger partial charge in [-0.05, 0) is 85.9 Å². The molecule has 1 aliphatic rings. The maximum absolute atomic E-state index is 13.6. The van der Waals surface area contributed by atoms with Gasteiger partial charge >= 0.3 is 5.97 Å². The Balaban J connectivity index is 0.990. The number of aliphatic hydroxyl groups is 2. The number of nitrogens with one attached hydrogen (secondary N) is 3. The number of piperidine rings is 1. The lowest BCUT2D eigenvalue weighted by Crippen LogP contribution is -2.44. The molecule has 54 heavy (non-hydrogen) atoms. The number of aliphatic hydroxyl groups excluding tert-OH is 1. The van der Waals surface area contributed by atoms with Gasteiger partial charge in [-0.3, -0.25) is 9.59 Å². The lowest BCUT2D eigenvalue weighted by atomic mass is 9.86. The Morgan fingerprint density at radius 3 is 2.59 bits per heavy atom. The average Bonchev–Trinajstić information content (AvgIpc) is 3.18. The Morgan fingerprint density at radius 2 is 1.78 bits per heavy atom. The van der Waals surface area contributed by atoms with Gasteiger partial charge in [0, 0.05) is 48.8 Å². The van der Waals surface area contributed by atoms with Gasteiger partial charge in [-0.2, -0.15) is 0 Å².